The van der Waals surface area contributed by atoms with Gasteiger partial charge in [-0.05, 0) is 13.0 Å². The highest BCUT2D eigenvalue weighted by molar-refractivity contribution is 6.15. The molecular weight excluding hydrogens is 131 g/mol. The van der Waals surface area contributed by atoms with Crippen molar-refractivity contribution in [2.24, 2.45) is 0 Å². The molecule has 0 amide bonds. The predicted octanol–water partition coefficient (Wildman–Crippen LogP) is 1.15. The zero-order chi connectivity index (χ0) is 6.57. The number of hydrogen-bond acceptors (Lipinski definition) is 3. The lowest BCUT2D eigenvalue weighted by Crippen LogP contribution is -1.99. The number of allylic oxidation sites excluding steroid dienone is 1. The number of aliphatic hydroxyl groups is 1. The topological polar surface area (TPSA) is 46.5 Å². The normalized spacial score (nSPS) is 11.0. The van der Waals surface area contributed by atoms with Crippen molar-refractivity contribution in [1.29, 1.82) is 0 Å². The van der Waals surface area contributed by atoms with Crippen molar-refractivity contribution in [3.63, 3.8) is 0 Å². The Hall–Kier alpha value is -0.700. The molecule has 4 heteroatoms. The minimum absolute atomic E-state index is 0.486. The van der Waals surface area contributed by atoms with Crippen LogP contribution < -0.4 is 0 Å². The fraction of sp³-hybridized carbons (Fsp3) is 0.250. The molecule has 0 spiro atoms. The summed E-state index contributed by atoms with van der Waals surface area (Å²) in [6.07, 6.45) is 1.19. The van der Waals surface area contributed by atoms with Crippen LogP contribution in [0.25, 0.3) is 0 Å². The summed E-state index contributed by atoms with van der Waals surface area (Å²) >= 11 is 4.58. The van der Waals surface area contributed by atoms with Crippen LogP contribution >= 0.6 is 11.9 Å². The second kappa shape index (κ2) is 3.32. The van der Waals surface area contributed by atoms with Crippen LogP contribution in [0, 0.1) is 0 Å². The highest BCUT2D eigenvalue weighted by Gasteiger charge is 2.04. The van der Waals surface area contributed by atoms with E-state index in [0.29, 0.717) is 0 Å². The van der Waals surface area contributed by atoms with Gasteiger partial charge in [-0.15, -0.1) is 0 Å². The van der Waals surface area contributed by atoms with Crippen LogP contribution in [0.5, 0.6) is 0 Å². The van der Waals surface area contributed by atoms with E-state index in [9.17, 15) is 4.79 Å². The standard InChI is InChI=1S/C4H5ClO3/c1-2-3(6)4(7)8-5/h2,6H,1H3. The molecule has 0 aromatic rings. The summed E-state index contributed by atoms with van der Waals surface area (Å²) in [4.78, 5) is 10.1. The van der Waals surface area contributed by atoms with Crippen LogP contribution in [0.3, 0.4) is 0 Å². The summed E-state index contributed by atoms with van der Waals surface area (Å²) in [5.74, 6) is -1.42. The van der Waals surface area contributed by atoms with Gasteiger partial charge in [-0.3, -0.25) is 0 Å². The lowest BCUT2D eigenvalue weighted by Gasteiger charge is -1.89. The maximum Gasteiger partial charge on any atom is 0.391 e. The Morgan fingerprint density at radius 3 is 2.50 bits per heavy atom. The van der Waals surface area contributed by atoms with Gasteiger partial charge in [-0.25, -0.2) is 4.79 Å². The zero-order valence-electron chi connectivity index (χ0n) is 4.22. The van der Waals surface area contributed by atoms with Crippen molar-refractivity contribution in [2.45, 2.75) is 6.92 Å². The van der Waals surface area contributed by atoms with Crippen LogP contribution in [-0.4, -0.2) is 11.1 Å². The maximum atomic E-state index is 10.1. The average Bonchev–Trinajstić information content (AvgIpc) is 1.84. The molecule has 8 heavy (non-hydrogen) atoms. The Balaban J connectivity index is 3.83. The van der Waals surface area contributed by atoms with Crippen molar-refractivity contribution in [3.8, 4) is 0 Å². The van der Waals surface area contributed by atoms with Gasteiger partial charge in [0, 0.05) is 0 Å². The van der Waals surface area contributed by atoms with E-state index in [-0.39, 0.29) is 0 Å². The molecular formula is C4H5ClO3. The second-order valence-corrected chi connectivity index (χ2v) is 1.19. The van der Waals surface area contributed by atoms with Gasteiger partial charge < -0.3 is 9.40 Å². The number of aliphatic hydroxyl groups excluding tert-OH is 1. The van der Waals surface area contributed by atoms with Crippen molar-refractivity contribution >= 4 is 17.8 Å². The Kier molecular flexibility index (Phi) is 3.03. The van der Waals surface area contributed by atoms with Crippen LogP contribution in [0.1, 0.15) is 6.92 Å². The first-order valence-electron chi connectivity index (χ1n) is 1.90. The third kappa shape index (κ3) is 1.84. The molecule has 0 aliphatic carbocycles. The van der Waals surface area contributed by atoms with Gasteiger partial charge in [0.2, 0.25) is 0 Å². The predicted molar refractivity (Wildman–Crippen MR) is 28.3 cm³/mol. The maximum absolute atomic E-state index is 10.1. The van der Waals surface area contributed by atoms with Gasteiger partial charge in [0.05, 0.1) is 0 Å². The van der Waals surface area contributed by atoms with Crippen molar-refractivity contribution in [1.82, 2.24) is 0 Å². The summed E-state index contributed by atoms with van der Waals surface area (Å²) in [6, 6.07) is 0. The van der Waals surface area contributed by atoms with E-state index in [0.717, 1.165) is 0 Å². The molecule has 46 valence electrons. The molecule has 0 bridgehead atoms. The summed E-state index contributed by atoms with van der Waals surface area (Å²) in [6.45, 7) is 1.49. The van der Waals surface area contributed by atoms with Crippen molar-refractivity contribution in [3.05, 3.63) is 11.8 Å². The number of halogens is 1. The largest absolute Gasteiger partial charge is 0.502 e. The van der Waals surface area contributed by atoms with Gasteiger partial charge in [0.25, 0.3) is 0 Å². The molecule has 0 fully saturated rings. The smallest absolute Gasteiger partial charge is 0.391 e. The van der Waals surface area contributed by atoms with E-state index >= 15 is 0 Å². The van der Waals surface area contributed by atoms with Gasteiger partial charge in [-0.1, -0.05) is 0 Å². The summed E-state index contributed by atoms with van der Waals surface area (Å²) < 4.78 is 3.62. The molecule has 0 atom stereocenters. The lowest BCUT2D eigenvalue weighted by molar-refractivity contribution is -0.132. The highest BCUT2D eigenvalue weighted by Crippen LogP contribution is 1.93. The van der Waals surface area contributed by atoms with E-state index in [2.05, 4.69) is 16.2 Å². The molecule has 0 aromatic heterocycles. The molecule has 0 saturated carbocycles. The highest BCUT2D eigenvalue weighted by atomic mass is 35.5. The first-order valence-corrected chi connectivity index (χ1v) is 2.21. The van der Waals surface area contributed by atoms with Crippen LogP contribution in [-0.2, 0) is 9.08 Å². The van der Waals surface area contributed by atoms with Gasteiger partial charge in [0.1, 0.15) is 11.9 Å². The molecule has 0 rings (SSSR count). The minimum Gasteiger partial charge on any atom is -0.502 e. The molecule has 0 aliphatic heterocycles. The summed E-state index contributed by atoms with van der Waals surface area (Å²) in [5.41, 5.74) is 0. The minimum atomic E-state index is -0.936. The third-order valence-electron chi connectivity index (χ3n) is 0.553. The van der Waals surface area contributed by atoms with Gasteiger partial charge >= 0.3 is 5.97 Å². The average molecular weight is 137 g/mol. The Morgan fingerprint density at radius 1 is 1.88 bits per heavy atom. The molecule has 1 N–H and O–H groups in total. The third-order valence-corrected chi connectivity index (χ3v) is 0.693. The number of carbonyl (C=O) groups is 1. The molecule has 0 unspecified atom stereocenters. The van der Waals surface area contributed by atoms with E-state index in [1.54, 1.807) is 0 Å². The fourth-order valence-electron chi connectivity index (χ4n) is 0.157. The zero-order valence-corrected chi connectivity index (χ0v) is 4.97. The van der Waals surface area contributed by atoms with E-state index in [1.807, 2.05) is 0 Å². The van der Waals surface area contributed by atoms with Crippen LogP contribution in [0.2, 0.25) is 0 Å². The van der Waals surface area contributed by atoms with Crippen LogP contribution in [0.15, 0.2) is 11.8 Å². The number of rotatable bonds is 1. The Labute approximate surface area is 51.7 Å². The second-order valence-electron chi connectivity index (χ2n) is 1.04. The molecule has 0 saturated heterocycles. The molecule has 0 radical (unpaired) electrons. The molecule has 0 aromatic carbocycles. The van der Waals surface area contributed by atoms with E-state index < -0.39 is 11.7 Å². The van der Waals surface area contributed by atoms with E-state index in [1.165, 1.54) is 13.0 Å². The number of carbonyl (C=O) groups excluding carboxylic acids is 1. The molecule has 0 heterocycles. The van der Waals surface area contributed by atoms with Crippen LogP contribution in [0.4, 0.5) is 0 Å². The first-order chi connectivity index (χ1) is 3.72. The monoisotopic (exact) mass is 136 g/mol. The van der Waals surface area contributed by atoms with Crippen molar-refractivity contribution in [2.75, 3.05) is 0 Å². The summed E-state index contributed by atoms with van der Waals surface area (Å²) in [5, 5.41) is 8.43. The van der Waals surface area contributed by atoms with Gasteiger partial charge in [0.15, 0.2) is 5.76 Å². The fourth-order valence-corrected chi connectivity index (χ4v) is 0.236. The first kappa shape index (κ1) is 7.30. The SMILES string of the molecule is CC=C(O)C(=O)OCl. The van der Waals surface area contributed by atoms with E-state index in [4.69, 9.17) is 5.11 Å². The number of hydrogen-bond donors (Lipinski definition) is 1. The molecule has 0 aliphatic rings. The van der Waals surface area contributed by atoms with Crippen molar-refractivity contribution < 1.29 is 14.2 Å². The molecule has 3 nitrogen and oxygen atoms in total. The Morgan fingerprint density at radius 2 is 2.38 bits per heavy atom. The quantitative estimate of drug-likeness (QED) is 0.435. The lowest BCUT2D eigenvalue weighted by atomic mass is 10.5. The summed E-state index contributed by atoms with van der Waals surface area (Å²) in [7, 11) is 0. The van der Waals surface area contributed by atoms with Gasteiger partial charge in [-0.2, -0.15) is 0 Å². The Bertz CT molecular complexity index is 118.